The van der Waals surface area contributed by atoms with E-state index >= 15 is 0 Å². The molecule has 0 spiro atoms. The number of nitrogens with one attached hydrogen (secondary N) is 1. The summed E-state index contributed by atoms with van der Waals surface area (Å²) >= 11 is 0. The van der Waals surface area contributed by atoms with Gasteiger partial charge >= 0.3 is 0 Å². The van der Waals surface area contributed by atoms with Gasteiger partial charge in [0.15, 0.2) is 0 Å². The molecule has 2 heteroatoms. The first-order chi connectivity index (χ1) is 8.34. The molecule has 0 atom stereocenters. The fourth-order valence-electron chi connectivity index (χ4n) is 1.84. The predicted molar refractivity (Wildman–Crippen MR) is 81.7 cm³/mol. The molecule has 0 bridgehead atoms. The van der Waals surface area contributed by atoms with Gasteiger partial charge in [0.25, 0.3) is 0 Å². The zero-order valence-corrected chi connectivity index (χ0v) is 11.5. The molecule has 18 heavy (non-hydrogen) atoms. The van der Waals surface area contributed by atoms with Gasteiger partial charge in [0.2, 0.25) is 0 Å². The summed E-state index contributed by atoms with van der Waals surface area (Å²) in [5.41, 5.74) is 3.93. The lowest BCUT2D eigenvalue weighted by atomic mass is 10.1. The molecule has 0 saturated heterocycles. The highest BCUT2D eigenvalue weighted by Gasteiger charge is 1.93. The lowest BCUT2D eigenvalue weighted by Gasteiger charge is -2.06. The van der Waals surface area contributed by atoms with E-state index in [0.29, 0.717) is 0 Å². The first kappa shape index (κ1) is 14.6. The molecule has 2 rings (SSSR count). The topological polar surface area (TPSA) is 12.0 Å². The van der Waals surface area contributed by atoms with Gasteiger partial charge in [-0.1, -0.05) is 48.0 Å². The van der Waals surface area contributed by atoms with E-state index < -0.39 is 0 Å². The lowest BCUT2D eigenvalue weighted by molar-refractivity contribution is 0.863. The van der Waals surface area contributed by atoms with E-state index in [2.05, 4.69) is 66.8 Å². The molecule has 96 valence electrons. The molecule has 2 aromatic rings. The molecule has 0 amide bonds. The molecular weight excluding hydrogens is 242 g/mol. The minimum absolute atomic E-state index is 0. The molecule has 1 N–H and O–H groups in total. The highest BCUT2D eigenvalue weighted by atomic mass is 35.5. The van der Waals surface area contributed by atoms with E-state index in [1.807, 2.05) is 0 Å². The van der Waals surface area contributed by atoms with Gasteiger partial charge in [-0.2, -0.15) is 0 Å². The van der Waals surface area contributed by atoms with Crippen molar-refractivity contribution in [1.82, 2.24) is 0 Å². The standard InChI is InChI=1S/C16H19N.ClH/c1-14-9-11-16(12-10-14)17-13-5-8-15-6-3-2-4-7-15;/h2-4,6-7,9-12,17H,5,8,13H2,1H3;1H. The molecule has 0 fully saturated rings. The van der Waals surface area contributed by atoms with Gasteiger partial charge in [0.05, 0.1) is 0 Å². The minimum Gasteiger partial charge on any atom is -0.385 e. The van der Waals surface area contributed by atoms with Crippen molar-refractivity contribution in [3.63, 3.8) is 0 Å². The van der Waals surface area contributed by atoms with Crippen LogP contribution >= 0.6 is 12.4 Å². The van der Waals surface area contributed by atoms with Crippen molar-refractivity contribution < 1.29 is 0 Å². The molecule has 1 nitrogen and oxygen atoms in total. The van der Waals surface area contributed by atoms with Crippen LogP contribution < -0.4 is 5.32 Å². The third-order valence-electron chi connectivity index (χ3n) is 2.87. The van der Waals surface area contributed by atoms with Gasteiger partial charge in [0, 0.05) is 12.2 Å². The molecule has 0 radical (unpaired) electrons. The second-order valence-electron chi connectivity index (χ2n) is 4.38. The molecule has 0 aliphatic carbocycles. The normalized spacial score (nSPS) is 9.61. The van der Waals surface area contributed by atoms with Crippen LogP contribution in [-0.4, -0.2) is 6.54 Å². The van der Waals surface area contributed by atoms with Crippen LogP contribution in [0.1, 0.15) is 17.5 Å². The average Bonchev–Trinajstić information content (AvgIpc) is 2.38. The Kier molecular flexibility index (Phi) is 6.31. The summed E-state index contributed by atoms with van der Waals surface area (Å²) in [4.78, 5) is 0. The molecule has 0 saturated carbocycles. The van der Waals surface area contributed by atoms with Crippen molar-refractivity contribution >= 4 is 18.1 Å². The SMILES string of the molecule is Cc1ccc(NCCCc2ccccc2)cc1.Cl. The number of rotatable bonds is 5. The molecular formula is C16H20ClN. The van der Waals surface area contributed by atoms with Crippen LogP contribution in [0.4, 0.5) is 5.69 Å². The largest absolute Gasteiger partial charge is 0.385 e. The summed E-state index contributed by atoms with van der Waals surface area (Å²) in [5.74, 6) is 0. The maximum atomic E-state index is 3.44. The van der Waals surface area contributed by atoms with Gasteiger partial charge < -0.3 is 5.32 Å². The Morgan fingerprint density at radius 3 is 2.22 bits per heavy atom. The van der Waals surface area contributed by atoms with Crippen molar-refractivity contribution in [2.24, 2.45) is 0 Å². The molecule has 0 aliphatic rings. The third kappa shape index (κ3) is 4.80. The second kappa shape index (κ2) is 7.78. The van der Waals surface area contributed by atoms with Gasteiger partial charge in [-0.25, -0.2) is 0 Å². The van der Waals surface area contributed by atoms with Crippen LogP contribution in [0.25, 0.3) is 0 Å². The fourth-order valence-corrected chi connectivity index (χ4v) is 1.84. The molecule has 0 unspecified atom stereocenters. The Labute approximate surface area is 116 Å². The van der Waals surface area contributed by atoms with E-state index in [0.717, 1.165) is 19.4 Å². The molecule has 0 aliphatic heterocycles. The summed E-state index contributed by atoms with van der Waals surface area (Å²) in [5, 5.41) is 3.44. The summed E-state index contributed by atoms with van der Waals surface area (Å²) < 4.78 is 0. The zero-order chi connectivity index (χ0) is 11.9. The highest BCUT2D eigenvalue weighted by Crippen LogP contribution is 2.09. The van der Waals surface area contributed by atoms with Crippen molar-refractivity contribution in [3.05, 3.63) is 65.7 Å². The Hall–Kier alpha value is -1.47. The van der Waals surface area contributed by atoms with E-state index in [1.165, 1.54) is 16.8 Å². The first-order valence-corrected chi connectivity index (χ1v) is 6.19. The smallest absolute Gasteiger partial charge is 0.0340 e. The highest BCUT2D eigenvalue weighted by molar-refractivity contribution is 5.85. The van der Waals surface area contributed by atoms with Gasteiger partial charge in [-0.05, 0) is 37.5 Å². The number of hydrogen-bond acceptors (Lipinski definition) is 1. The number of aryl methyl sites for hydroxylation is 2. The summed E-state index contributed by atoms with van der Waals surface area (Å²) in [6, 6.07) is 19.2. The molecule has 2 aromatic carbocycles. The van der Waals surface area contributed by atoms with Crippen LogP contribution in [0.2, 0.25) is 0 Å². The van der Waals surface area contributed by atoms with Crippen LogP contribution in [0, 0.1) is 6.92 Å². The summed E-state index contributed by atoms with van der Waals surface area (Å²) in [6.07, 6.45) is 2.30. The third-order valence-corrected chi connectivity index (χ3v) is 2.87. The average molecular weight is 262 g/mol. The Bertz CT molecular complexity index is 436. The Balaban J connectivity index is 0.00000162. The number of hydrogen-bond donors (Lipinski definition) is 1. The van der Waals surface area contributed by atoms with Gasteiger partial charge in [0.1, 0.15) is 0 Å². The lowest BCUT2D eigenvalue weighted by Crippen LogP contribution is -2.02. The Morgan fingerprint density at radius 2 is 1.56 bits per heavy atom. The molecule has 0 heterocycles. The zero-order valence-electron chi connectivity index (χ0n) is 10.7. The van der Waals surface area contributed by atoms with Crippen molar-refractivity contribution in [3.8, 4) is 0 Å². The number of anilines is 1. The Morgan fingerprint density at radius 1 is 0.889 bits per heavy atom. The summed E-state index contributed by atoms with van der Waals surface area (Å²) in [7, 11) is 0. The maximum Gasteiger partial charge on any atom is 0.0340 e. The monoisotopic (exact) mass is 261 g/mol. The number of halogens is 1. The maximum absolute atomic E-state index is 3.44. The van der Waals surface area contributed by atoms with E-state index in [-0.39, 0.29) is 12.4 Å². The van der Waals surface area contributed by atoms with E-state index in [1.54, 1.807) is 0 Å². The second-order valence-corrected chi connectivity index (χ2v) is 4.38. The van der Waals surface area contributed by atoms with Gasteiger partial charge in [-0.3, -0.25) is 0 Å². The minimum atomic E-state index is 0. The fraction of sp³-hybridized carbons (Fsp3) is 0.250. The van der Waals surface area contributed by atoms with Crippen LogP contribution in [0.15, 0.2) is 54.6 Å². The van der Waals surface area contributed by atoms with Crippen LogP contribution in [0.3, 0.4) is 0 Å². The molecule has 0 aromatic heterocycles. The van der Waals surface area contributed by atoms with Gasteiger partial charge in [-0.15, -0.1) is 12.4 Å². The van der Waals surface area contributed by atoms with Crippen LogP contribution in [0.5, 0.6) is 0 Å². The van der Waals surface area contributed by atoms with E-state index in [9.17, 15) is 0 Å². The van der Waals surface area contributed by atoms with Crippen molar-refractivity contribution in [2.75, 3.05) is 11.9 Å². The van der Waals surface area contributed by atoms with Crippen molar-refractivity contribution in [2.45, 2.75) is 19.8 Å². The van der Waals surface area contributed by atoms with E-state index in [4.69, 9.17) is 0 Å². The quantitative estimate of drug-likeness (QED) is 0.784. The predicted octanol–water partition coefficient (Wildman–Crippen LogP) is 4.46. The van der Waals surface area contributed by atoms with Crippen LogP contribution in [-0.2, 0) is 6.42 Å². The van der Waals surface area contributed by atoms with Crippen molar-refractivity contribution in [1.29, 1.82) is 0 Å². The number of benzene rings is 2. The summed E-state index contributed by atoms with van der Waals surface area (Å²) in [6.45, 7) is 3.14. The first-order valence-electron chi connectivity index (χ1n) is 6.19.